The molecule has 3 unspecified atom stereocenters. The molecule has 9 heteroatoms. The topological polar surface area (TPSA) is 88.0 Å². The molecule has 3 atom stereocenters. The summed E-state index contributed by atoms with van der Waals surface area (Å²) in [5.74, 6) is 0. The smallest absolute Gasteiger partial charge is 0.257 e. The van der Waals surface area contributed by atoms with E-state index in [-0.39, 0.29) is 32.0 Å². The van der Waals surface area contributed by atoms with E-state index in [1.807, 2.05) is 25.1 Å². The lowest BCUT2D eigenvalue weighted by molar-refractivity contribution is -0.0876. The van der Waals surface area contributed by atoms with Crippen LogP contribution in [0.1, 0.15) is 32.4 Å². The lowest BCUT2D eigenvalue weighted by Crippen LogP contribution is -2.33. The Labute approximate surface area is 167 Å². The third-order valence-corrected chi connectivity index (χ3v) is 6.97. The first-order valence-corrected chi connectivity index (χ1v) is 11.5. The number of rotatable bonds is 11. The summed E-state index contributed by atoms with van der Waals surface area (Å²) in [6.07, 6.45) is -1.29. The molecule has 0 spiro atoms. The van der Waals surface area contributed by atoms with Gasteiger partial charge in [-0.1, -0.05) is 17.7 Å². The van der Waals surface area contributed by atoms with Crippen molar-refractivity contribution in [3.63, 3.8) is 0 Å². The van der Waals surface area contributed by atoms with Crippen LogP contribution in [0.15, 0.2) is 18.2 Å². The van der Waals surface area contributed by atoms with Crippen molar-refractivity contribution in [1.82, 2.24) is 5.32 Å². The van der Waals surface area contributed by atoms with Crippen LogP contribution in [0.25, 0.3) is 0 Å². The minimum atomic E-state index is -3.79. The van der Waals surface area contributed by atoms with Gasteiger partial charge in [0, 0.05) is 29.4 Å². The average Bonchev–Trinajstić information content (AvgIpc) is 2.54. The second-order valence-corrected chi connectivity index (χ2v) is 9.48. The van der Waals surface area contributed by atoms with Gasteiger partial charge in [-0.25, -0.2) is 0 Å². The van der Waals surface area contributed by atoms with Gasteiger partial charge in [0.2, 0.25) is 6.03 Å². The monoisotopic (exact) mass is 505 g/mol. The Morgan fingerprint density at radius 3 is 2.44 bits per heavy atom. The Bertz CT molecular complexity index is 586. The molecule has 0 aliphatic heterocycles. The number of benzene rings is 1. The molecule has 0 radical (unpaired) electrons. The van der Waals surface area contributed by atoms with E-state index in [2.05, 4.69) is 27.9 Å². The van der Waals surface area contributed by atoms with Gasteiger partial charge in [-0.3, -0.25) is 4.57 Å². The number of hydrogen-bond acceptors (Lipinski definition) is 5. The predicted molar refractivity (Wildman–Crippen MR) is 108 cm³/mol. The van der Waals surface area contributed by atoms with Crippen molar-refractivity contribution in [2.45, 2.75) is 38.9 Å². The van der Waals surface area contributed by atoms with E-state index in [0.29, 0.717) is 5.02 Å². The highest BCUT2D eigenvalue weighted by Gasteiger charge is 2.34. The van der Waals surface area contributed by atoms with Crippen LogP contribution < -0.4 is 5.32 Å². The van der Waals surface area contributed by atoms with Crippen molar-refractivity contribution < 1.29 is 24.0 Å². The van der Waals surface area contributed by atoms with Crippen molar-refractivity contribution >= 4 is 41.6 Å². The number of halogens is 2. The van der Waals surface area contributed by atoms with Crippen LogP contribution in [0, 0.1) is 3.57 Å². The normalized spacial score (nSPS) is 16.6. The van der Waals surface area contributed by atoms with Crippen LogP contribution in [0.2, 0.25) is 5.02 Å². The van der Waals surface area contributed by atoms with Gasteiger partial charge in [0.15, 0.2) is 0 Å². The van der Waals surface area contributed by atoms with Crippen LogP contribution in [0.4, 0.5) is 0 Å². The van der Waals surface area contributed by atoms with E-state index in [9.17, 15) is 14.6 Å². The highest BCUT2D eigenvalue weighted by molar-refractivity contribution is 14.1. The molecule has 0 fully saturated rings. The van der Waals surface area contributed by atoms with E-state index >= 15 is 0 Å². The fraction of sp³-hybridized carbons (Fsp3) is 0.625. The van der Waals surface area contributed by atoms with E-state index < -0.39 is 19.5 Å². The molecule has 6 nitrogen and oxygen atoms in total. The number of aliphatic hydroxyl groups excluding tert-OH is 1. The molecule has 0 heterocycles. The lowest BCUT2D eigenvalue weighted by atomic mass is 10.1. The van der Waals surface area contributed by atoms with Crippen LogP contribution in [0.3, 0.4) is 0 Å². The Morgan fingerprint density at radius 2 is 1.92 bits per heavy atom. The largest absolute Gasteiger partial charge is 0.391 e. The molecule has 1 aromatic rings. The maximum absolute atomic E-state index is 12.4. The van der Waals surface area contributed by atoms with E-state index in [1.165, 1.54) is 0 Å². The fourth-order valence-corrected chi connectivity index (χ4v) is 4.56. The Morgan fingerprint density at radius 1 is 1.32 bits per heavy atom. The summed E-state index contributed by atoms with van der Waals surface area (Å²) in [6.45, 7) is 6.09. The molecule has 25 heavy (non-hydrogen) atoms. The summed E-state index contributed by atoms with van der Waals surface area (Å²) in [4.78, 5) is 10.2. The second-order valence-electron chi connectivity index (χ2n) is 5.61. The molecule has 0 aliphatic rings. The molecule has 0 saturated carbocycles. The standard InChI is InChI=1S/C16H26ClINO5P/c1-4-23-16(24-5-2)25(21,22)10-13(20)9-19-11(3)12-6-7-14(17)15(18)8-12/h6-8,11,13,16,19-20H,4-5,9-10H2,1-3H3,(H,21,22). The van der Waals surface area contributed by atoms with Crippen molar-refractivity contribution in [3.8, 4) is 0 Å². The summed E-state index contributed by atoms with van der Waals surface area (Å²) in [6, 6.07) is 4.46. The molecule has 3 N–H and O–H groups in total. The lowest BCUT2D eigenvalue weighted by Gasteiger charge is -2.25. The molecule has 144 valence electrons. The quantitative estimate of drug-likeness (QED) is 0.242. The Balaban J connectivity index is 2.58. The first-order chi connectivity index (χ1) is 11.7. The second kappa shape index (κ2) is 11.2. The number of ether oxygens (including phenoxy) is 2. The van der Waals surface area contributed by atoms with Gasteiger partial charge in [0.1, 0.15) is 0 Å². The van der Waals surface area contributed by atoms with Crippen LogP contribution in [-0.4, -0.2) is 48.1 Å². The first-order valence-electron chi connectivity index (χ1n) is 8.12. The first kappa shape index (κ1) is 23.3. The number of nitrogens with one attached hydrogen (secondary N) is 1. The molecule has 1 aromatic carbocycles. The van der Waals surface area contributed by atoms with Crippen LogP contribution in [-0.2, 0) is 14.0 Å². The van der Waals surface area contributed by atoms with Gasteiger partial charge < -0.3 is 24.8 Å². The van der Waals surface area contributed by atoms with Gasteiger partial charge in [0.25, 0.3) is 7.37 Å². The number of hydrogen-bond donors (Lipinski definition) is 3. The summed E-state index contributed by atoms with van der Waals surface area (Å²) in [5, 5.41) is 14.0. The maximum atomic E-state index is 12.4. The summed E-state index contributed by atoms with van der Waals surface area (Å²) in [5.41, 5.74) is 1.02. The van der Waals surface area contributed by atoms with E-state index in [4.69, 9.17) is 21.1 Å². The minimum Gasteiger partial charge on any atom is -0.391 e. The maximum Gasteiger partial charge on any atom is 0.257 e. The zero-order chi connectivity index (χ0) is 19.0. The summed E-state index contributed by atoms with van der Waals surface area (Å²) >= 11 is 8.17. The van der Waals surface area contributed by atoms with Crippen molar-refractivity contribution in [1.29, 1.82) is 0 Å². The molecule has 1 rings (SSSR count). The van der Waals surface area contributed by atoms with Crippen molar-refractivity contribution in [3.05, 3.63) is 32.4 Å². The van der Waals surface area contributed by atoms with E-state index in [0.717, 1.165) is 9.13 Å². The van der Waals surface area contributed by atoms with Gasteiger partial charge in [0.05, 0.1) is 17.3 Å². The third-order valence-electron chi connectivity index (χ3n) is 3.52. The zero-order valence-corrected chi connectivity index (χ0v) is 18.4. The van der Waals surface area contributed by atoms with Crippen molar-refractivity contribution in [2.75, 3.05) is 25.9 Å². The molecule has 0 amide bonds. The highest BCUT2D eigenvalue weighted by atomic mass is 127. The fourth-order valence-electron chi connectivity index (χ4n) is 2.23. The van der Waals surface area contributed by atoms with Crippen molar-refractivity contribution in [2.24, 2.45) is 0 Å². The van der Waals surface area contributed by atoms with Gasteiger partial charge >= 0.3 is 0 Å². The zero-order valence-electron chi connectivity index (χ0n) is 14.6. The van der Waals surface area contributed by atoms with Gasteiger partial charge in [-0.2, -0.15) is 0 Å². The van der Waals surface area contributed by atoms with Gasteiger partial charge in [-0.15, -0.1) is 0 Å². The molecule has 0 bridgehead atoms. The van der Waals surface area contributed by atoms with Crippen LogP contribution in [0.5, 0.6) is 0 Å². The van der Waals surface area contributed by atoms with Gasteiger partial charge in [-0.05, 0) is 61.1 Å². The number of aliphatic hydroxyl groups is 1. The minimum absolute atomic E-state index is 0.0342. The van der Waals surface area contributed by atoms with Crippen LogP contribution >= 0.6 is 41.6 Å². The molecule has 0 aliphatic carbocycles. The Kier molecular flexibility index (Phi) is 10.4. The molecular weight excluding hydrogens is 480 g/mol. The summed E-state index contributed by atoms with van der Waals surface area (Å²) < 4.78 is 23.7. The highest BCUT2D eigenvalue weighted by Crippen LogP contribution is 2.47. The average molecular weight is 506 g/mol. The summed E-state index contributed by atoms with van der Waals surface area (Å²) in [7, 11) is -3.79. The molecule has 0 aromatic heterocycles. The predicted octanol–water partition coefficient (Wildman–Crippen LogP) is 3.58. The van der Waals surface area contributed by atoms with E-state index in [1.54, 1.807) is 13.8 Å². The Hall–Kier alpha value is 0.270. The molecule has 0 saturated heterocycles. The SMILES string of the molecule is CCOC(OCC)P(=O)(O)CC(O)CNC(C)c1ccc(Cl)c(I)c1. The molecular formula is C16H26ClINO5P. The third kappa shape index (κ3) is 7.81.